The van der Waals surface area contributed by atoms with Gasteiger partial charge in [0.15, 0.2) is 0 Å². The lowest BCUT2D eigenvalue weighted by atomic mass is 10.1. The number of aliphatic hydroxyl groups is 1. The van der Waals surface area contributed by atoms with E-state index in [1.54, 1.807) is 0 Å². The van der Waals surface area contributed by atoms with Crippen LogP contribution in [0.25, 0.3) is 0 Å². The van der Waals surface area contributed by atoms with E-state index in [2.05, 4.69) is 0 Å². The average Bonchev–Trinajstić information content (AvgIpc) is 1.95. The molecule has 6 heavy (non-hydrogen) atoms. The molecular formula is C5H12O. The van der Waals surface area contributed by atoms with Crippen molar-refractivity contribution in [3.63, 3.8) is 0 Å². The van der Waals surface area contributed by atoms with E-state index in [0.717, 1.165) is 0 Å². The van der Waals surface area contributed by atoms with Gasteiger partial charge in [-0.15, -0.1) is 0 Å². The minimum atomic E-state index is -3.85. The SMILES string of the molecule is [2H]C([2H])([2H])C([2H])([2H])C([2H])(C([2H])([2H])[2H])C([2H])([2H])O. The molecule has 1 nitrogen and oxygen atoms in total. The van der Waals surface area contributed by atoms with Crippen LogP contribution >= 0.6 is 0 Å². The van der Waals surface area contributed by atoms with Crippen molar-refractivity contribution in [2.24, 2.45) is 5.89 Å². The molecule has 0 aliphatic rings. The van der Waals surface area contributed by atoms with Crippen LogP contribution in [0.1, 0.15) is 35.2 Å². The van der Waals surface area contributed by atoms with Gasteiger partial charge in [-0.2, -0.15) is 0 Å². The maximum Gasteiger partial charge on any atom is 0.0566 e. The Bertz CT molecular complexity index is 266. The second-order valence-electron chi connectivity index (χ2n) is 0.612. The Balaban J connectivity index is 6.04. The number of hydrogen-bond acceptors (Lipinski definition) is 1. The summed E-state index contributed by atoms with van der Waals surface area (Å²) in [5.41, 5.74) is 0. The third-order valence-corrected chi connectivity index (χ3v) is 0.237. The van der Waals surface area contributed by atoms with E-state index in [1.165, 1.54) is 0 Å². The van der Waals surface area contributed by atoms with Crippen LogP contribution in [0.2, 0.25) is 0 Å². The molecule has 0 aliphatic heterocycles. The lowest BCUT2D eigenvalue weighted by molar-refractivity contribution is 0.234. The van der Waals surface area contributed by atoms with Gasteiger partial charge in [0.05, 0.1) is 2.74 Å². The summed E-state index contributed by atoms with van der Waals surface area (Å²) in [5, 5.41) is 9.07. The molecule has 0 rings (SSSR count). The lowest BCUT2D eigenvalue weighted by Gasteiger charge is -1.98. The first-order valence-electron chi connectivity index (χ1n) is 6.72. The Morgan fingerprint density at radius 3 is 3.33 bits per heavy atom. The van der Waals surface area contributed by atoms with Gasteiger partial charge in [0.2, 0.25) is 0 Å². The number of rotatable bonds is 2. The van der Waals surface area contributed by atoms with Crippen molar-refractivity contribution in [2.45, 2.75) is 20.1 Å². The van der Waals surface area contributed by atoms with Crippen molar-refractivity contribution < 1.29 is 20.2 Å². The van der Waals surface area contributed by atoms with Gasteiger partial charge in [-0.1, -0.05) is 20.1 Å². The predicted octanol–water partition coefficient (Wildman–Crippen LogP) is 1.02. The summed E-state index contributed by atoms with van der Waals surface area (Å²) in [7, 11) is 0. The van der Waals surface area contributed by atoms with Crippen LogP contribution in [0.15, 0.2) is 0 Å². The molecule has 0 aromatic heterocycles. The summed E-state index contributed by atoms with van der Waals surface area (Å²) in [4.78, 5) is 0. The van der Waals surface area contributed by atoms with Gasteiger partial charge in [0, 0.05) is 18.9 Å². The van der Waals surface area contributed by atoms with Crippen molar-refractivity contribution in [1.82, 2.24) is 0 Å². The second-order valence-corrected chi connectivity index (χ2v) is 0.612. The van der Waals surface area contributed by atoms with Gasteiger partial charge in [-0.05, 0) is 5.89 Å². The molecule has 1 unspecified atom stereocenters. The zero-order chi connectivity index (χ0) is 14.5. The lowest BCUT2D eigenvalue weighted by Crippen LogP contribution is -1.96. The normalized spacial score (nSPS) is 55.8. The Morgan fingerprint density at radius 2 is 3.17 bits per heavy atom. The highest BCUT2D eigenvalue weighted by Gasteiger charge is 1.90. The predicted molar refractivity (Wildman–Crippen MR) is 26.5 cm³/mol. The fourth-order valence-corrected chi connectivity index (χ4v) is 0.0280. The highest BCUT2D eigenvalue weighted by Crippen LogP contribution is 1.95. The molecule has 0 heterocycles. The zero-order valence-corrected chi connectivity index (χ0v) is 2.95. The molecular weight excluding hydrogens is 76.1 g/mol. The van der Waals surface area contributed by atoms with Crippen molar-refractivity contribution in [1.29, 1.82) is 0 Å². The van der Waals surface area contributed by atoms with Crippen LogP contribution < -0.4 is 0 Å². The van der Waals surface area contributed by atoms with Crippen LogP contribution in [0.4, 0.5) is 0 Å². The first-order valence-corrected chi connectivity index (χ1v) is 1.22. The summed E-state index contributed by atoms with van der Waals surface area (Å²) in [6, 6.07) is 0. The molecule has 0 bridgehead atoms. The van der Waals surface area contributed by atoms with Crippen LogP contribution in [-0.2, 0) is 0 Å². The largest absolute Gasteiger partial charge is 0.396 e. The van der Waals surface area contributed by atoms with Gasteiger partial charge in [0.25, 0.3) is 0 Å². The zero-order valence-electron chi connectivity index (χ0n) is 13.9. The topological polar surface area (TPSA) is 20.2 Å². The number of hydrogen-bond donors (Lipinski definition) is 1. The Morgan fingerprint density at radius 1 is 2.33 bits per heavy atom. The highest BCUT2D eigenvalue weighted by atomic mass is 16.3. The van der Waals surface area contributed by atoms with Crippen molar-refractivity contribution >= 4 is 0 Å². The summed E-state index contributed by atoms with van der Waals surface area (Å²) in [6.07, 6.45) is -3.76. The van der Waals surface area contributed by atoms with Gasteiger partial charge in [0.1, 0.15) is 0 Å². The fourth-order valence-electron chi connectivity index (χ4n) is 0.0280. The van der Waals surface area contributed by atoms with E-state index in [-0.39, 0.29) is 0 Å². The van der Waals surface area contributed by atoms with E-state index < -0.39 is 32.5 Å². The average molecular weight is 99.2 g/mol. The summed E-state index contributed by atoms with van der Waals surface area (Å²) >= 11 is 0. The molecule has 1 N–H and O–H groups in total. The molecule has 0 aliphatic carbocycles. The Labute approximate surface area is 54.4 Å². The molecule has 0 saturated heterocycles. The quantitative estimate of drug-likeness (QED) is 0.548. The highest BCUT2D eigenvalue weighted by molar-refractivity contribution is 4.41. The van der Waals surface area contributed by atoms with E-state index in [9.17, 15) is 0 Å². The first kappa shape index (κ1) is 0.576. The molecule has 1 heteroatoms. The molecule has 0 aromatic carbocycles. The molecule has 0 fully saturated rings. The Kier molecular flexibility index (Phi) is 0.303. The molecule has 0 amide bonds. The maximum atomic E-state index is 9.07. The third kappa shape index (κ3) is 2.21. The molecule has 0 saturated carbocycles. The van der Waals surface area contributed by atoms with E-state index >= 15 is 0 Å². The molecule has 38 valence electrons. The fraction of sp³-hybridized carbons (Fsp3) is 1.00. The summed E-state index contributed by atoms with van der Waals surface area (Å²) in [6.45, 7) is -11.1. The smallest absolute Gasteiger partial charge is 0.0566 e. The monoisotopic (exact) mass is 99.2 g/mol. The van der Waals surface area contributed by atoms with Crippen molar-refractivity contribution in [2.75, 3.05) is 6.56 Å². The van der Waals surface area contributed by atoms with Crippen LogP contribution in [-0.4, -0.2) is 11.7 Å². The summed E-state index contributed by atoms with van der Waals surface area (Å²) in [5.74, 6) is -3.84. The third-order valence-electron chi connectivity index (χ3n) is 0.237. The maximum absolute atomic E-state index is 9.07. The second kappa shape index (κ2) is 3.16. The van der Waals surface area contributed by atoms with E-state index in [0.29, 0.717) is 0 Å². The molecule has 0 radical (unpaired) electrons. The van der Waals surface area contributed by atoms with Gasteiger partial charge >= 0.3 is 0 Å². The van der Waals surface area contributed by atoms with E-state index in [1.807, 2.05) is 0 Å². The van der Waals surface area contributed by atoms with Gasteiger partial charge in [-0.25, -0.2) is 0 Å². The standard InChI is InChI=1S/C5H12O/c1-3-5(2)4-6/h5-6H,3-4H2,1-2H3/i1D3,2D3,3D2,4D2,5D. The van der Waals surface area contributed by atoms with Gasteiger partial charge < -0.3 is 5.11 Å². The van der Waals surface area contributed by atoms with Crippen molar-refractivity contribution in [3.05, 3.63) is 0 Å². The minimum absolute atomic E-state index is 3.57. The van der Waals surface area contributed by atoms with Crippen LogP contribution in [0.3, 0.4) is 0 Å². The molecule has 1 atom stereocenters. The first-order chi connectivity index (χ1) is 7.00. The van der Waals surface area contributed by atoms with Crippen molar-refractivity contribution in [3.8, 4) is 0 Å². The van der Waals surface area contributed by atoms with Crippen LogP contribution in [0, 0.1) is 5.89 Å². The molecule has 0 spiro atoms. The van der Waals surface area contributed by atoms with Crippen LogP contribution in [0.5, 0.6) is 0 Å². The minimum Gasteiger partial charge on any atom is -0.396 e. The summed E-state index contributed by atoms with van der Waals surface area (Å²) < 4.78 is 76.9. The van der Waals surface area contributed by atoms with E-state index in [4.69, 9.17) is 20.2 Å². The molecule has 0 aromatic rings. The van der Waals surface area contributed by atoms with Gasteiger partial charge in [-0.3, -0.25) is 0 Å². The Hall–Kier alpha value is -0.0400.